The number of likely N-dealkylation sites (tertiary alicyclic amines) is 1. The third-order valence-corrected chi connectivity index (χ3v) is 3.78. The third kappa shape index (κ3) is 2.78. The van der Waals surface area contributed by atoms with Gasteiger partial charge in [0.2, 0.25) is 0 Å². The second-order valence-corrected chi connectivity index (χ2v) is 6.51. The molecule has 0 aromatic rings. The van der Waals surface area contributed by atoms with Gasteiger partial charge in [-0.1, -0.05) is 0 Å². The van der Waals surface area contributed by atoms with Crippen molar-refractivity contribution >= 4 is 6.09 Å². The van der Waals surface area contributed by atoms with Gasteiger partial charge in [-0.2, -0.15) is 0 Å². The van der Waals surface area contributed by atoms with E-state index < -0.39 is 5.60 Å². The molecular formula is C13H24N2O3. The molecule has 1 amide bonds. The monoisotopic (exact) mass is 256 g/mol. The summed E-state index contributed by atoms with van der Waals surface area (Å²) >= 11 is 0. The first-order chi connectivity index (χ1) is 8.32. The maximum Gasteiger partial charge on any atom is 0.410 e. The Morgan fingerprint density at radius 3 is 2.78 bits per heavy atom. The van der Waals surface area contributed by atoms with Gasteiger partial charge >= 0.3 is 6.09 Å². The number of nitrogens with one attached hydrogen (secondary N) is 1. The number of carbonyl (C=O) groups excluding carboxylic acids is 1. The molecule has 0 aliphatic carbocycles. The van der Waals surface area contributed by atoms with E-state index in [1.54, 1.807) is 4.90 Å². The van der Waals surface area contributed by atoms with Crippen molar-refractivity contribution in [1.82, 2.24) is 10.2 Å². The van der Waals surface area contributed by atoms with Crippen molar-refractivity contribution < 1.29 is 14.6 Å². The summed E-state index contributed by atoms with van der Waals surface area (Å²) in [4.78, 5) is 13.8. The van der Waals surface area contributed by atoms with Crippen molar-refractivity contribution in [3.05, 3.63) is 0 Å². The summed E-state index contributed by atoms with van der Waals surface area (Å²) < 4.78 is 5.40. The zero-order valence-corrected chi connectivity index (χ0v) is 11.5. The minimum atomic E-state index is -0.464. The van der Waals surface area contributed by atoms with Crippen LogP contribution in [0.25, 0.3) is 0 Å². The molecule has 1 unspecified atom stereocenters. The highest BCUT2D eigenvalue weighted by Crippen LogP contribution is 2.36. The van der Waals surface area contributed by atoms with Gasteiger partial charge in [0.25, 0.3) is 0 Å². The molecule has 18 heavy (non-hydrogen) atoms. The lowest BCUT2D eigenvalue weighted by atomic mass is 9.77. The van der Waals surface area contributed by atoms with Crippen LogP contribution in [0.1, 0.15) is 33.6 Å². The average Bonchev–Trinajstić information content (AvgIpc) is 2.58. The Morgan fingerprint density at radius 1 is 1.50 bits per heavy atom. The Labute approximate surface area is 108 Å². The smallest absolute Gasteiger partial charge is 0.410 e. The normalized spacial score (nSPS) is 32.9. The van der Waals surface area contributed by atoms with E-state index in [0.717, 1.165) is 25.9 Å². The lowest BCUT2D eigenvalue weighted by Crippen LogP contribution is -2.52. The lowest BCUT2D eigenvalue weighted by Gasteiger charge is -2.42. The van der Waals surface area contributed by atoms with E-state index in [1.807, 2.05) is 20.8 Å². The summed E-state index contributed by atoms with van der Waals surface area (Å²) in [6, 6.07) is 0. The van der Waals surface area contributed by atoms with E-state index >= 15 is 0 Å². The molecule has 2 heterocycles. The van der Waals surface area contributed by atoms with E-state index in [1.165, 1.54) is 0 Å². The molecule has 2 atom stereocenters. The van der Waals surface area contributed by atoms with E-state index in [9.17, 15) is 9.90 Å². The number of aliphatic hydroxyl groups is 1. The molecule has 1 spiro atoms. The van der Waals surface area contributed by atoms with Crippen molar-refractivity contribution in [1.29, 1.82) is 0 Å². The second-order valence-electron chi connectivity index (χ2n) is 6.51. The maximum absolute atomic E-state index is 12.1. The molecule has 5 nitrogen and oxygen atoms in total. The highest BCUT2D eigenvalue weighted by Gasteiger charge is 2.46. The predicted octanol–water partition coefficient (Wildman–Crippen LogP) is 0.968. The number of hydrogen-bond acceptors (Lipinski definition) is 4. The highest BCUT2D eigenvalue weighted by molar-refractivity contribution is 5.68. The fourth-order valence-electron chi connectivity index (χ4n) is 2.85. The molecule has 0 saturated carbocycles. The van der Waals surface area contributed by atoms with Crippen LogP contribution in [0, 0.1) is 5.41 Å². The number of aliphatic hydroxyl groups excluding tert-OH is 1. The number of nitrogens with zero attached hydrogens (tertiary/aromatic N) is 1. The summed E-state index contributed by atoms with van der Waals surface area (Å²) in [7, 11) is 0. The van der Waals surface area contributed by atoms with Gasteiger partial charge in [0.05, 0.1) is 6.10 Å². The fourth-order valence-corrected chi connectivity index (χ4v) is 2.85. The summed E-state index contributed by atoms with van der Waals surface area (Å²) in [5.41, 5.74) is -0.636. The standard InChI is InChI=1S/C13H24N2O3/c1-12(2,3)18-11(17)15-6-4-5-13(9-15)8-14-7-10(13)16/h10,14,16H,4-9H2,1-3H3/t10-,13?/m1/s1. The Hall–Kier alpha value is -0.810. The molecular weight excluding hydrogens is 232 g/mol. The van der Waals surface area contributed by atoms with E-state index in [2.05, 4.69) is 5.32 Å². The first-order valence-electron chi connectivity index (χ1n) is 6.69. The molecule has 104 valence electrons. The molecule has 2 rings (SSSR count). The van der Waals surface area contributed by atoms with Crippen molar-refractivity contribution in [2.75, 3.05) is 26.2 Å². The van der Waals surface area contributed by atoms with Crippen LogP contribution < -0.4 is 5.32 Å². The Kier molecular flexibility index (Phi) is 3.56. The number of amides is 1. The summed E-state index contributed by atoms with van der Waals surface area (Å²) in [6.07, 6.45) is 1.28. The molecule has 2 N–H and O–H groups in total. The van der Waals surface area contributed by atoms with E-state index in [-0.39, 0.29) is 17.6 Å². The minimum Gasteiger partial charge on any atom is -0.444 e. The molecule has 2 saturated heterocycles. The van der Waals surface area contributed by atoms with Gasteiger partial charge in [-0.3, -0.25) is 0 Å². The van der Waals surface area contributed by atoms with Gasteiger partial charge in [0.1, 0.15) is 5.60 Å². The predicted molar refractivity (Wildman–Crippen MR) is 68.4 cm³/mol. The van der Waals surface area contributed by atoms with Crippen LogP contribution in [-0.2, 0) is 4.74 Å². The Morgan fingerprint density at radius 2 is 2.22 bits per heavy atom. The zero-order valence-electron chi connectivity index (χ0n) is 11.5. The largest absolute Gasteiger partial charge is 0.444 e. The van der Waals surface area contributed by atoms with Crippen LogP contribution in [0.4, 0.5) is 4.79 Å². The summed E-state index contributed by atoms with van der Waals surface area (Å²) in [5.74, 6) is 0. The Bertz CT molecular complexity index is 327. The fraction of sp³-hybridized carbons (Fsp3) is 0.923. The van der Waals surface area contributed by atoms with Gasteiger partial charge < -0.3 is 20.1 Å². The van der Waals surface area contributed by atoms with Gasteiger partial charge in [0.15, 0.2) is 0 Å². The molecule has 2 aliphatic rings. The van der Waals surface area contributed by atoms with E-state index in [0.29, 0.717) is 13.1 Å². The average molecular weight is 256 g/mol. The number of carbonyl (C=O) groups is 1. The van der Waals surface area contributed by atoms with Gasteiger partial charge in [0, 0.05) is 31.6 Å². The molecule has 0 radical (unpaired) electrons. The first kappa shape index (κ1) is 13.6. The molecule has 2 fully saturated rings. The number of piperidine rings is 1. The van der Waals surface area contributed by atoms with Gasteiger partial charge in [-0.25, -0.2) is 4.79 Å². The maximum atomic E-state index is 12.1. The number of ether oxygens (including phenoxy) is 1. The quantitative estimate of drug-likeness (QED) is 0.678. The van der Waals surface area contributed by atoms with Crippen LogP contribution in [0.2, 0.25) is 0 Å². The molecule has 5 heteroatoms. The van der Waals surface area contributed by atoms with Crippen molar-refractivity contribution in [3.63, 3.8) is 0 Å². The van der Waals surface area contributed by atoms with Crippen molar-refractivity contribution in [3.8, 4) is 0 Å². The van der Waals surface area contributed by atoms with Crippen LogP contribution in [0.15, 0.2) is 0 Å². The number of rotatable bonds is 0. The van der Waals surface area contributed by atoms with Gasteiger partial charge in [-0.15, -0.1) is 0 Å². The molecule has 0 aromatic heterocycles. The lowest BCUT2D eigenvalue weighted by molar-refractivity contribution is -0.0195. The van der Waals surface area contributed by atoms with Crippen LogP contribution in [-0.4, -0.2) is 54.0 Å². The number of β-amino-alcohol motifs (C(OH)–C–C–N with tert-alkyl or cyclic N) is 1. The highest BCUT2D eigenvalue weighted by atomic mass is 16.6. The number of hydrogen-bond donors (Lipinski definition) is 2. The van der Waals surface area contributed by atoms with Crippen LogP contribution in [0.3, 0.4) is 0 Å². The molecule has 0 aromatic carbocycles. The van der Waals surface area contributed by atoms with Crippen LogP contribution >= 0.6 is 0 Å². The second kappa shape index (κ2) is 4.70. The van der Waals surface area contributed by atoms with Crippen molar-refractivity contribution in [2.24, 2.45) is 5.41 Å². The van der Waals surface area contributed by atoms with Crippen molar-refractivity contribution in [2.45, 2.75) is 45.3 Å². The third-order valence-electron chi connectivity index (χ3n) is 3.78. The Balaban J connectivity index is 2.01. The zero-order chi connectivity index (χ0) is 13.4. The molecule has 2 aliphatic heterocycles. The van der Waals surface area contributed by atoms with E-state index in [4.69, 9.17) is 4.74 Å². The minimum absolute atomic E-state index is 0.171. The van der Waals surface area contributed by atoms with Gasteiger partial charge in [-0.05, 0) is 33.6 Å². The molecule has 0 bridgehead atoms. The topological polar surface area (TPSA) is 61.8 Å². The summed E-state index contributed by atoms with van der Waals surface area (Å²) in [5, 5.41) is 13.3. The SMILES string of the molecule is CC(C)(C)OC(=O)N1CCCC2(CNC[C@H]2O)C1. The van der Waals surface area contributed by atoms with Crippen LogP contribution in [0.5, 0.6) is 0 Å². The summed E-state index contributed by atoms with van der Waals surface area (Å²) in [6.45, 7) is 8.35. The first-order valence-corrected chi connectivity index (χ1v) is 6.69.